The number of piperidine rings is 1. The molecular weight excluding hydrogens is 240 g/mol. The summed E-state index contributed by atoms with van der Waals surface area (Å²) in [5.74, 6) is 0.785. The molecule has 0 amide bonds. The summed E-state index contributed by atoms with van der Waals surface area (Å²) in [7, 11) is 1.90. The third-order valence-corrected chi connectivity index (χ3v) is 3.47. The second-order valence-corrected chi connectivity index (χ2v) is 4.97. The van der Waals surface area contributed by atoms with Crippen molar-refractivity contribution in [3.63, 3.8) is 0 Å². The lowest BCUT2D eigenvalue weighted by Crippen LogP contribution is -2.40. The van der Waals surface area contributed by atoms with Gasteiger partial charge in [0.15, 0.2) is 0 Å². The molecule has 6 heteroatoms. The molecule has 1 fully saturated rings. The number of anilines is 1. The van der Waals surface area contributed by atoms with E-state index in [2.05, 4.69) is 20.0 Å². The monoisotopic (exact) mass is 258 g/mol. The molecule has 3 heterocycles. The van der Waals surface area contributed by atoms with Crippen molar-refractivity contribution in [2.45, 2.75) is 18.9 Å². The molecule has 0 saturated carbocycles. The maximum atomic E-state index is 5.92. The average Bonchev–Trinajstić information content (AvgIpc) is 2.86. The number of aromatic nitrogens is 4. The molecule has 6 nitrogen and oxygen atoms in total. The van der Waals surface area contributed by atoms with Crippen LogP contribution in [0.4, 0.5) is 5.95 Å². The molecule has 0 spiro atoms. The second kappa shape index (κ2) is 4.97. The summed E-state index contributed by atoms with van der Waals surface area (Å²) in [5, 5.41) is 4.17. The molecule has 0 unspecified atom stereocenters. The number of hydrogen-bond acceptors (Lipinski definition) is 5. The van der Waals surface area contributed by atoms with Crippen LogP contribution in [0.25, 0.3) is 11.3 Å². The zero-order valence-electron chi connectivity index (χ0n) is 11.0. The molecule has 1 aliphatic heterocycles. The smallest absolute Gasteiger partial charge is 0.225 e. The van der Waals surface area contributed by atoms with Crippen molar-refractivity contribution in [3.8, 4) is 11.3 Å². The highest BCUT2D eigenvalue weighted by Crippen LogP contribution is 2.20. The molecule has 100 valence electrons. The van der Waals surface area contributed by atoms with Gasteiger partial charge in [-0.05, 0) is 18.9 Å². The molecule has 0 atom stereocenters. The molecular formula is C13H18N6. The van der Waals surface area contributed by atoms with E-state index in [1.54, 1.807) is 10.9 Å². The Kier molecular flexibility index (Phi) is 3.16. The number of nitrogens with two attached hydrogens (primary N) is 1. The van der Waals surface area contributed by atoms with Crippen molar-refractivity contribution in [3.05, 3.63) is 24.7 Å². The van der Waals surface area contributed by atoms with E-state index < -0.39 is 0 Å². The first-order valence-electron chi connectivity index (χ1n) is 6.55. The molecule has 2 N–H and O–H groups in total. The third-order valence-electron chi connectivity index (χ3n) is 3.47. The van der Waals surface area contributed by atoms with Crippen LogP contribution in [0.2, 0.25) is 0 Å². The van der Waals surface area contributed by atoms with E-state index in [4.69, 9.17) is 5.73 Å². The third kappa shape index (κ3) is 2.58. The molecule has 3 rings (SSSR count). The van der Waals surface area contributed by atoms with Gasteiger partial charge in [0.1, 0.15) is 0 Å². The van der Waals surface area contributed by atoms with Crippen LogP contribution in [-0.4, -0.2) is 38.9 Å². The highest BCUT2D eigenvalue weighted by molar-refractivity contribution is 5.58. The maximum Gasteiger partial charge on any atom is 0.225 e. The fourth-order valence-electron chi connectivity index (χ4n) is 2.31. The molecule has 1 aliphatic rings. The van der Waals surface area contributed by atoms with Crippen LogP contribution in [0.5, 0.6) is 0 Å². The van der Waals surface area contributed by atoms with Gasteiger partial charge in [0.2, 0.25) is 5.95 Å². The topological polar surface area (TPSA) is 72.9 Å². The van der Waals surface area contributed by atoms with Crippen molar-refractivity contribution >= 4 is 5.95 Å². The minimum atomic E-state index is 0.317. The van der Waals surface area contributed by atoms with Crippen molar-refractivity contribution < 1.29 is 0 Å². The Balaban J connectivity index is 1.84. The lowest BCUT2D eigenvalue weighted by molar-refractivity contribution is 0.495. The predicted molar refractivity (Wildman–Crippen MR) is 73.7 cm³/mol. The lowest BCUT2D eigenvalue weighted by atomic mass is 10.1. The van der Waals surface area contributed by atoms with E-state index in [1.807, 2.05) is 25.5 Å². The predicted octanol–water partition coefficient (Wildman–Crippen LogP) is 0.805. The van der Waals surface area contributed by atoms with Gasteiger partial charge in [-0.3, -0.25) is 4.68 Å². The minimum Gasteiger partial charge on any atom is -0.341 e. The molecule has 0 aromatic carbocycles. The number of rotatable bonds is 2. The van der Waals surface area contributed by atoms with E-state index in [0.717, 1.165) is 43.1 Å². The Hall–Kier alpha value is -1.95. The van der Waals surface area contributed by atoms with Crippen LogP contribution >= 0.6 is 0 Å². The van der Waals surface area contributed by atoms with E-state index >= 15 is 0 Å². The summed E-state index contributed by atoms with van der Waals surface area (Å²) >= 11 is 0. The molecule has 1 saturated heterocycles. The van der Waals surface area contributed by atoms with Crippen molar-refractivity contribution in [2.24, 2.45) is 12.8 Å². The van der Waals surface area contributed by atoms with Crippen molar-refractivity contribution in [2.75, 3.05) is 18.0 Å². The first-order valence-corrected chi connectivity index (χ1v) is 6.55. The maximum absolute atomic E-state index is 5.92. The van der Waals surface area contributed by atoms with E-state index in [-0.39, 0.29) is 0 Å². The zero-order chi connectivity index (χ0) is 13.2. The van der Waals surface area contributed by atoms with E-state index in [1.165, 1.54) is 0 Å². The number of hydrogen-bond donors (Lipinski definition) is 1. The average molecular weight is 258 g/mol. The minimum absolute atomic E-state index is 0.317. The Morgan fingerprint density at radius 2 is 2.11 bits per heavy atom. The molecule has 0 bridgehead atoms. The van der Waals surface area contributed by atoms with Gasteiger partial charge in [0, 0.05) is 44.1 Å². The number of nitrogens with zero attached hydrogens (tertiary/aromatic N) is 5. The van der Waals surface area contributed by atoms with Crippen LogP contribution in [0.1, 0.15) is 12.8 Å². The van der Waals surface area contributed by atoms with Gasteiger partial charge >= 0.3 is 0 Å². The SMILES string of the molecule is Cn1cc(-c2ccnc(N3CCC(N)CC3)n2)cn1. The van der Waals surface area contributed by atoms with Gasteiger partial charge in [-0.2, -0.15) is 5.10 Å². The fourth-order valence-corrected chi connectivity index (χ4v) is 2.31. The molecule has 2 aromatic rings. The first-order chi connectivity index (χ1) is 9.22. The Labute approximate surface area is 112 Å². The summed E-state index contributed by atoms with van der Waals surface area (Å²) in [6, 6.07) is 2.23. The molecule has 0 radical (unpaired) electrons. The van der Waals surface area contributed by atoms with E-state index in [9.17, 15) is 0 Å². The quantitative estimate of drug-likeness (QED) is 0.862. The van der Waals surface area contributed by atoms with Gasteiger partial charge in [-0.15, -0.1) is 0 Å². The van der Waals surface area contributed by atoms with Crippen LogP contribution in [0.15, 0.2) is 24.7 Å². The van der Waals surface area contributed by atoms with Crippen LogP contribution in [-0.2, 0) is 7.05 Å². The summed E-state index contributed by atoms with van der Waals surface area (Å²) in [6.07, 6.45) is 7.58. The Morgan fingerprint density at radius 3 is 2.79 bits per heavy atom. The summed E-state index contributed by atoms with van der Waals surface area (Å²) in [4.78, 5) is 11.2. The zero-order valence-corrected chi connectivity index (χ0v) is 11.0. The first kappa shape index (κ1) is 12.1. The summed E-state index contributed by atoms with van der Waals surface area (Å²) in [6.45, 7) is 1.86. The van der Waals surface area contributed by atoms with Gasteiger partial charge in [0.25, 0.3) is 0 Å². The Bertz CT molecular complexity index is 556. The fraction of sp³-hybridized carbons (Fsp3) is 0.462. The Morgan fingerprint density at radius 1 is 1.32 bits per heavy atom. The van der Waals surface area contributed by atoms with Crippen molar-refractivity contribution in [1.82, 2.24) is 19.7 Å². The van der Waals surface area contributed by atoms with Gasteiger partial charge < -0.3 is 10.6 Å². The molecule has 0 aliphatic carbocycles. The highest BCUT2D eigenvalue weighted by atomic mass is 15.3. The van der Waals surface area contributed by atoms with E-state index in [0.29, 0.717) is 6.04 Å². The normalized spacial score (nSPS) is 16.8. The van der Waals surface area contributed by atoms with Gasteiger partial charge in [-0.25, -0.2) is 9.97 Å². The van der Waals surface area contributed by atoms with Crippen LogP contribution in [0.3, 0.4) is 0 Å². The van der Waals surface area contributed by atoms with Gasteiger partial charge in [0.05, 0.1) is 11.9 Å². The lowest BCUT2D eigenvalue weighted by Gasteiger charge is -2.30. The largest absolute Gasteiger partial charge is 0.341 e. The second-order valence-electron chi connectivity index (χ2n) is 4.97. The molecule has 19 heavy (non-hydrogen) atoms. The highest BCUT2D eigenvalue weighted by Gasteiger charge is 2.18. The summed E-state index contributed by atoms with van der Waals surface area (Å²) in [5.41, 5.74) is 7.84. The number of aryl methyl sites for hydroxylation is 1. The van der Waals surface area contributed by atoms with Crippen LogP contribution in [0, 0.1) is 0 Å². The standard InChI is InChI=1S/C13H18N6/c1-18-9-10(8-16-18)12-2-5-15-13(17-12)19-6-3-11(14)4-7-19/h2,5,8-9,11H,3-4,6-7,14H2,1H3. The van der Waals surface area contributed by atoms with Crippen molar-refractivity contribution in [1.29, 1.82) is 0 Å². The van der Waals surface area contributed by atoms with Crippen LogP contribution < -0.4 is 10.6 Å². The molecule has 2 aromatic heterocycles. The summed E-state index contributed by atoms with van der Waals surface area (Å²) < 4.78 is 1.77. The van der Waals surface area contributed by atoms with Gasteiger partial charge in [-0.1, -0.05) is 0 Å².